The molecule has 0 atom stereocenters. The van der Waals surface area contributed by atoms with Gasteiger partial charge in [0, 0.05) is 31.0 Å². The zero-order valence-electron chi connectivity index (χ0n) is 19.5. The van der Waals surface area contributed by atoms with Gasteiger partial charge in [-0.15, -0.1) is 0 Å². The van der Waals surface area contributed by atoms with Gasteiger partial charge < -0.3 is 14.4 Å². The third-order valence-electron chi connectivity index (χ3n) is 6.99. The van der Waals surface area contributed by atoms with Crippen molar-refractivity contribution in [3.8, 4) is 16.9 Å². The van der Waals surface area contributed by atoms with E-state index in [1.54, 1.807) is 7.11 Å². The summed E-state index contributed by atoms with van der Waals surface area (Å²) in [5, 5.41) is 0. The van der Waals surface area contributed by atoms with Crippen molar-refractivity contribution < 1.29 is 9.53 Å². The minimum atomic E-state index is 0.398. The molecule has 1 aliphatic heterocycles. The van der Waals surface area contributed by atoms with Gasteiger partial charge in [-0.2, -0.15) is 0 Å². The Morgan fingerprint density at radius 3 is 2.42 bits per heavy atom. The lowest BCUT2D eigenvalue weighted by molar-refractivity contribution is -0.107. The van der Waals surface area contributed by atoms with E-state index in [-0.39, 0.29) is 0 Å². The maximum atomic E-state index is 11.4. The van der Waals surface area contributed by atoms with Crippen LogP contribution in [0, 0.1) is 6.92 Å². The molecule has 33 heavy (non-hydrogen) atoms. The Kier molecular flexibility index (Phi) is 6.12. The maximum absolute atomic E-state index is 11.4. The lowest BCUT2D eigenvalue weighted by Gasteiger charge is -2.35. The molecule has 2 heterocycles. The first-order valence-electron chi connectivity index (χ1n) is 12.0. The first-order valence-corrected chi connectivity index (χ1v) is 12.0. The van der Waals surface area contributed by atoms with E-state index in [1.165, 1.54) is 18.4 Å². The lowest BCUT2D eigenvalue weighted by atomic mass is 9.88. The van der Waals surface area contributed by atoms with E-state index in [9.17, 15) is 4.79 Å². The van der Waals surface area contributed by atoms with Crippen molar-refractivity contribution in [1.82, 2.24) is 9.97 Å². The molecule has 0 N–H and O–H groups in total. The minimum absolute atomic E-state index is 0.398. The first-order chi connectivity index (χ1) is 16.2. The summed E-state index contributed by atoms with van der Waals surface area (Å²) in [6.45, 7) is 3.96. The number of aryl methyl sites for hydroxylation is 1. The molecular weight excluding hydrogens is 410 g/mol. The molecule has 1 saturated carbocycles. The summed E-state index contributed by atoms with van der Waals surface area (Å²) < 4.78 is 5.63. The summed E-state index contributed by atoms with van der Waals surface area (Å²) >= 11 is 0. The lowest BCUT2D eigenvalue weighted by Crippen LogP contribution is -2.34. The van der Waals surface area contributed by atoms with Crippen LogP contribution in [0.3, 0.4) is 0 Å². The van der Waals surface area contributed by atoms with Crippen LogP contribution in [0.25, 0.3) is 11.1 Å². The van der Waals surface area contributed by atoms with Crippen LogP contribution in [0.4, 0.5) is 5.82 Å². The van der Waals surface area contributed by atoms with Gasteiger partial charge >= 0.3 is 0 Å². The van der Waals surface area contributed by atoms with Crippen molar-refractivity contribution >= 4 is 12.1 Å². The molecule has 0 spiro atoms. The van der Waals surface area contributed by atoms with Crippen molar-refractivity contribution in [2.24, 2.45) is 0 Å². The van der Waals surface area contributed by atoms with Gasteiger partial charge in [-0.1, -0.05) is 42.5 Å². The number of ether oxygens (including phenoxy) is 1. The molecule has 2 aromatic carbocycles. The fraction of sp³-hybridized carbons (Fsp3) is 0.393. The van der Waals surface area contributed by atoms with Crippen LogP contribution in [-0.2, 0) is 11.2 Å². The summed E-state index contributed by atoms with van der Waals surface area (Å²) in [4.78, 5) is 23.8. The van der Waals surface area contributed by atoms with Crippen LogP contribution < -0.4 is 9.64 Å². The maximum Gasteiger partial charge on any atom is 0.140 e. The molecular formula is C28H31N3O2. The Balaban J connectivity index is 1.50. The standard InChI is InChI=1S/C28H31N3O2/c1-19-26(24-9-4-3-7-20(24)15-18-32)28(30-27(29-19)22-11-12-22)31-16-13-21(14-17-31)23-8-5-6-10-25(23)33-2/h3-10,18,21-22H,11-17H2,1-2H3. The molecule has 1 aliphatic carbocycles. The van der Waals surface area contributed by atoms with Crippen LogP contribution in [0.1, 0.15) is 60.2 Å². The zero-order valence-corrected chi connectivity index (χ0v) is 19.5. The average Bonchev–Trinajstić information content (AvgIpc) is 3.70. The number of aromatic nitrogens is 2. The van der Waals surface area contributed by atoms with Gasteiger partial charge in [-0.3, -0.25) is 0 Å². The van der Waals surface area contributed by atoms with Crippen LogP contribution >= 0.6 is 0 Å². The fourth-order valence-corrected chi connectivity index (χ4v) is 5.09. The van der Waals surface area contributed by atoms with E-state index in [1.807, 2.05) is 24.3 Å². The first kappa shape index (κ1) is 21.6. The molecule has 3 aromatic rings. The second kappa shape index (κ2) is 9.34. The number of carbonyl (C=O) groups is 1. The largest absolute Gasteiger partial charge is 0.496 e. The Bertz CT molecular complexity index is 1150. The molecule has 5 heteroatoms. The number of anilines is 1. The third kappa shape index (κ3) is 4.37. The third-order valence-corrected chi connectivity index (χ3v) is 6.99. The number of carbonyl (C=O) groups excluding carboxylic acids is 1. The predicted molar refractivity (Wildman–Crippen MR) is 131 cm³/mol. The molecule has 0 unspecified atom stereocenters. The molecule has 2 fully saturated rings. The van der Waals surface area contributed by atoms with E-state index in [2.05, 4.69) is 36.1 Å². The number of para-hydroxylation sites is 1. The van der Waals surface area contributed by atoms with Gasteiger partial charge in [0.05, 0.1) is 12.8 Å². The number of nitrogens with zero attached hydrogens (tertiary/aromatic N) is 3. The van der Waals surface area contributed by atoms with Crippen molar-refractivity contribution in [2.75, 3.05) is 25.1 Å². The molecule has 2 aliphatic rings. The number of hydrogen-bond donors (Lipinski definition) is 0. The highest BCUT2D eigenvalue weighted by Gasteiger charge is 2.31. The second-order valence-corrected chi connectivity index (χ2v) is 9.17. The molecule has 1 aromatic heterocycles. The van der Waals surface area contributed by atoms with Crippen LogP contribution in [0.5, 0.6) is 5.75 Å². The van der Waals surface area contributed by atoms with E-state index >= 15 is 0 Å². The Morgan fingerprint density at radius 2 is 1.70 bits per heavy atom. The van der Waals surface area contributed by atoms with Gasteiger partial charge in [0.2, 0.25) is 0 Å². The van der Waals surface area contributed by atoms with Gasteiger partial charge in [0.15, 0.2) is 0 Å². The quantitative estimate of drug-likeness (QED) is 0.456. The Hall–Kier alpha value is -3.21. The SMILES string of the molecule is COc1ccccc1C1CCN(c2nc(C3CC3)nc(C)c2-c2ccccc2CC=O)CC1. The topological polar surface area (TPSA) is 55.3 Å². The van der Waals surface area contributed by atoms with Gasteiger partial charge in [-0.05, 0) is 61.3 Å². The summed E-state index contributed by atoms with van der Waals surface area (Å²) in [5.74, 6) is 3.96. The fourth-order valence-electron chi connectivity index (χ4n) is 5.09. The minimum Gasteiger partial charge on any atom is -0.496 e. The summed E-state index contributed by atoms with van der Waals surface area (Å²) in [5.41, 5.74) is 5.49. The molecule has 1 saturated heterocycles. The normalized spacial score (nSPS) is 16.6. The molecule has 170 valence electrons. The molecule has 0 radical (unpaired) electrons. The smallest absolute Gasteiger partial charge is 0.140 e. The number of methoxy groups -OCH3 is 1. The molecule has 5 rings (SSSR count). The van der Waals surface area contributed by atoms with Crippen LogP contribution in [0.2, 0.25) is 0 Å². The number of piperidine rings is 1. The van der Waals surface area contributed by atoms with Gasteiger partial charge in [0.1, 0.15) is 23.7 Å². The summed E-state index contributed by atoms with van der Waals surface area (Å²) in [7, 11) is 1.75. The molecule has 5 nitrogen and oxygen atoms in total. The number of hydrogen-bond acceptors (Lipinski definition) is 5. The van der Waals surface area contributed by atoms with E-state index in [4.69, 9.17) is 14.7 Å². The summed E-state index contributed by atoms with van der Waals surface area (Å²) in [6.07, 6.45) is 5.84. The number of aldehydes is 1. The highest BCUT2D eigenvalue weighted by atomic mass is 16.5. The van der Waals surface area contributed by atoms with Crippen molar-refractivity contribution in [3.63, 3.8) is 0 Å². The van der Waals surface area contributed by atoms with E-state index in [0.717, 1.165) is 72.0 Å². The Morgan fingerprint density at radius 1 is 0.970 bits per heavy atom. The van der Waals surface area contributed by atoms with Crippen LogP contribution in [0.15, 0.2) is 48.5 Å². The van der Waals surface area contributed by atoms with Gasteiger partial charge in [-0.25, -0.2) is 9.97 Å². The molecule has 0 bridgehead atoms. The van der Waals surface area contributed by atoms with E-state index in [0.29, 0.717) is 18.3 Å². The summed E-state index contributed by atoms with van der Waals surface area (Å²) in [6, 6.07) is 16.6. The van der Waals surface area contributed by atoms with E-state index < -0.39 is 0 Å². The average molecular weight is 442 g/mol. The highest BCUT2D eigenvalue weighted by molar-refractivity contribution is 5.81. The molecule has 0 amide bonds. The number of rotatable bonds is 7. The Labute approximate surface area is 195 Å². The van der Waals surface area contributed by atoms with Crippen molar-refractivity contribution in [3.05, 3.63) is 71.2 Å². The zero-order chi connectivity index (χ0) is 22.8. The second-order valence-electron chi connectivity index (χ2n) is 9.17. The monoisotopic (exact) mass is 441 g/mol. The van der Waals surface area contributed by atoms with Crippen molar-refractivity contribution in [2.45, 2.75) is 50.9 Å². The highest BCUT2D eigenvalue weighted by Crippen LogP contribution is 2.43. The number of benzene rings is 2. The van der Waals surface area contributed by atoms with Crippen LogP contribution in [-0.4, -0.2) is 36.5 Å². The predicted octanol–water partition coefficient (Wildman–Crippen LogP) is 5.46. The van der Waals surface area contributed by atoms with Gasteiger partial charge in [0.25, 0.3) is 0 Å². The van der Waals surface area contributed by atoms with Crippen molar-refractivity contribution in [1.29, 1.82) is 0 Å².